The monoisotopic (exact) mass is 655 g/mol. The minimum absolute atomic E-state index is 0.0208. The van der Waals surface area contributed by atoms with E-state index in [1.807, 2.05) is 27.7 Å². The lowest BCUT2D eigenvalue weighted by atomic mass is 9.75. The summed E-state index contributed by atoms with van der Waals surface area (Å²) in [5.74, 6) is -2.19. The number of non-ortho nitro benzene ring substituents is 1. The molecule has 0 aliphatic carbocycles. The van der Waals surface area contributed by atoms with E-state index < -0.39 is 52.7 Å². The second kappa shape index (κ2) is 14.9. The minimum Gasteiger partial charge on any atom is -0.458 e. The number of nitro groups is 1. The summed E-state index contributed by atoms with van der Waals surface area (Å²) in [6, 6.07) is 5.53. The zero-order chi connectivity index (χ0) is 34.6. The molecule has 13 heteroatoms. The highest BCUT2D eigenvalue weighted by atomic mass is 16.6. The Labute approximate surface area is 276 Å². The molecule has 2 saturated heterocycles. The largest absolute Gasteiger partial charge is 0.458 e. The molecular weight excluding hydrogens is 606 g/mol. The number of nitro benzene ring substituents is 1. The molecule has 0 radical (unpaired) electrons. The number of carbonyl (C=O) groups is 3. The predicted octanol–water partition coefficient (Wildman–Crippen LogP) is 5.44. The van der Waals surface area contributed by atoms with Crippen molar-refractivity contribution in [1.29, 1.82) is 0 Å². The van der Waals surface area contributed by atoms with Crippen LogP contribution in [0.4, 0.5) is 10.5 Å². The average molecular weight is 656 g/mol. The molecule has 1 aromatic carbocycles. The number of esters is 1. The molecule has 258 valence electrons. The van der Waals surface area contributed by atoms with Gasteiger partial charge in [0.1, 0.15) is 17.6 Å². The molecule has 0 saturated carbocycles. The van der Waals surface area contributed by atoms with E-state index in [9.17, 15) is 29.6 Å². The van der Waals surface area contributed by atoms with Crippen LogP contribution in [-0.4, -0.2) is 78.2 Å². The van der Waals surface area contributed by atoms with Crippen molar-refractivity contribution >= 4 is 23.5 Å². The van der Waals surface area contributed by atoms with Crippen LogP contribution in [0.1, 0.15) is 80.6 Å². The Hall–Kier alpha value is -3.87. The molecule has 13 nitrogen and oxygen atoms in total. The number of nitrogens with zero attached hydrogens (tertiary/aromatic N) is 5. The Morgan fingerprint density at radius 3 is 2.45 bits per heavy atom. The third-order valence-electron chi connectivity index (χ3n) is 10.1. The number of aliphatic hydroxyl groups is 1. The molecule has 2 aromatic rings. The van der Waals surface area contributed by atoms with Gasteiger partial charge in [-0.15, -0.1) is 5.10 Å². The van der Waals surface area contributed by atoms with Crippen molar-refractivity contribution in [3.8, 4) is 11.3 Å². The highest BCUT2D eigenvalue weighted by Gasteiger charge is 2.59. The minimum atomic E-state index is -1.29. The molecule has 1 N–H and O–H groups in total. The summed E-state index contributed by atoms with van der Waals surface area (Å²) >= 11 is 0. The number of rotatable bonds is 8. The number of unbranched alkanes of at least 4 members (excludes halogenated alkanes) is 1. The van der Waals surface area contributed by atoms with Crippen LogP contribution in [0.2, 0.25) is 0 Å². The molecular formula is C34H49N5O8. The van der Waals surface area contributed by atoms with Crippen LogP contribution in [0.15, 0.2) is 30.5 Å². The van der Waals surface area contributed by atoms with Gasteiger partial charge in [-0.3, -0.25) is 24.4 Å². The summed E-state index contributed by atoms with van der Waals surface area (Å²) in [5, 5.41) is 30.5. The third kappa shape index (κ3) is 7.82. The molecule has 3 heterocycles. The quantitative estimate of drug-likeness (QED) is 0.167. The summed E-state index contributed by atoms with van der Waals surface area (Å²) < 4.78 is 13.7. The Kier molecular flexibility index (Phi) is 11.4. The Bertz CT molecular complexity index is 1450. The smallest absolute Gasteiger partial charge is 0.410 e. The van der Waals surface area contributed by atoms with Gasteiger partial charge in [0.2, 0.25) is 0 Å². The van der Waals surface area contributed by atoms with Gasteiger partial charge in [-0.1, -0.05) is 52.0 Å². The number of cyclic esters (lactones) is 1. The molecule has 2 aliphatic rings. The number of carbonyl (C=O) groups excluding carboxylic acids is 3. The molecule has 9 atom stereocenters. The number of fused-ring (bicyclic) bond motifs is 1. The van der Waals surface area contributed by atoms with Crippen LogP contribution in [0.3, 0.4) is 0 Å². The Morgan fingerprint density at radius 1 is 1.06 bits per heavy atom. The van der Waals surface area contributed by atoms with Crippen LogP contribution >= 0.6 is 0 Å². The van der Waals surface area contributed by atoms with Crippen molar-refractivity contribution in [1.82, 2.24) is 19.9 Å². The normalized spacial score (nSPS) is 32.3. The number of hydrogen-bond acceptors (Lipinski definition) is 10. The summed E-state index contributed by atoms with van der Waals surface area (Å²) in [6.45, 7) is 13.8. The van der Waals surface area contributed by atoms with Gasteiger partial charge in [0.05, 0.1) is 29.2 Å². The average Bonchev–Trinajstić information content (AvgIpc) is 3.61. The number of aryl methyl sites for hydroxylation is 1. The summed E-state index contributed by atoms with van der Waals surface area (Å²) in [5.41, 5.74) is -0.219. The maximum atomic E-state index is 13.9. The van der Waals surface area contributed by atoms with E-state index in [4.69, 9.17) is 9.47 Å². The van der Waals surface area contributed by atoms with Crippen molar-refractivity contribution in [2.45, 2.75) is 111 Å². The van der Waals surface area contributed by atoms with E-state index in [1.165, 1.54) is 12.1 Å². The second-order valence-electron chi connectivity index (χ2n) is 13.8. The maximum absolute atomic E-state index is 13.9. The fourth-order valence-corrected chi connectivity index (χ4v) is 7.54. The van der Waals surface area contributed by atoms with E-state index in [0.717, 1.165) is 0 Å². The van der Waals surface area contributed by atoms with Gasteiger partial charge >= 0.3 is 12.1 Å². The zero-order valence-corrected chi connectivity index (χ0v) is 28.5. The number of amides is 1. The first-order chi connectivity index (χ1) is 22.2. The van der Waals surface area contributed by atoms with Crippen LogP contribution < -0.4 is 0 Å². The lowest BCUT2D eigenvalue weighted by Gasteiger charge is -2.41. The lowest BCUT2D eigenvalue weighted by molar-refractivity contribution is -0.384. The third-order valence-corrected chi connectivity index (χ3v) is 10.1. The van der Waals surface area contributed by atoms with E-state index in [-0.39, 0.29) is 29.2 Å². The molecule has 47 heavy (non-hydrogen) atoms. The van der Waals surface area contributed by atoms with Crippen molar-refractivity contribution in [3.63, 3.8) is 0 Å². The van der Waals surface area contributed by atoms with Gasteiger partial charge in [0.15, 0.2) is 5.60 Å². The first-order valence-corrected chi connectivity index (χ1v) is 16.7. The lowest BCUT2D eigenvalue weighted by Crippen LogP contribution is -2.57. The van der Waals surface area contributed by atoms with Crippen LogP contribution in [0, 0.1) is 39.7 Å². The number of aromatic nitrogens is 3. The highest BCUT2D eigenvalue weighted by Crippen LogP contribution is 2.41. The number of ketones is 1. The van der Waals surface area contributed by atoms with E-state index >= 15 is 0 Å². The van der Waals surface area contributed by atoms with Gasteiger partial charge in [-0.25, -0.2) is 4.79 Å². The van der Waals surface area contributed by atoms with Crippen LogP contribution in [0.5, 0.6) is 0 Å². The van der Waals surface area contributed by atoms with Gasteiger partial charge in [0.25, 0.3) is 5.69 Å². The molecule has 0 spiro atoms. The van der Waals surface area contributed by atoms with Gasteiger partial charge in [0, 0.05) is 42.6 Å². The summed E-state index contributed by atoms with van der Waals surface area (Å²) in [4.78, 5) is 53.1. The first kappa shape index (κ1) is 36.0. The number of ether oxygens (including phenoxy) is 2. The van der Waals surface area contributed by atoms with Crippen molar-refractivity contribution in [2.75, 3.05) is 6.54 Å². The van der Waals surface area contributed by atoms with Gasteiger partial charge in [-0.2, -0.15) is 0 Å². The van der Waals surface area contributed by atoms with E-state index in [1.54, 1.807) is 41.8 Å². The molecule has 1 aromatic heterocycles. The van der Waals surface area contributed by atoms with Crippen LogP contribution in [-0.2, 0) is 25.6 Å². The predicted molar refractivity (Wildman–Crippen MR) is 173 cm³/mol. The standard InChI is InChI=1S/C34H49N5O8/c1-8-28-34(7)31(23(5)29(40)21(3)16-20(2)17-22(4)30(41)24(6)32(42)46-28)38(33(43)47-34)15-10-9-14-37-19-27(35-36-37)25-12-11-13-26(18-25)39(44)45/h11-13,18-24,28,30-31,41H,8-10,14-17H2,1-7H3/t20-,21+,22+,23-,24+,28+,30-,31-,34+/m0/s1. The fraction of sp³-hybridized carbons (Fsp3) is 0.676. The molecule has 0 bridgehead atoms. The number of hydrogen-bond donors (Lipinski definition) is 1. The van der Waals surface area contributed by atoms with Gasteiger partial charge < -0.3 is 19.5 Å². The van der Waals surface area contributed by atoms with Crippen molar-refractivity contribution < 1.29 is 33.9 Å². The van der Waals surface area contributed by atoms with Crippen LogP contribution in [0.25, 0.3) is 11.3 Å². The molecule has 1 amide bonds. The van der Waals surface area contributed by atoms with E-state index in [0.29, 0.717) is 56.5 Å². The van der Waals surface area contributed by atoms with E-state index in [2.05, 4.69) is 17.2 Å². The Balaban J connectivity index is 1.52. The Morgan fingerprint density at radius 2 is 1.77 bits per heavy atom. The summed E-state index contributed by atoms with van der Waals surface area (Å²) in [7, 11) is 0. The van der Waals surface area contributed by atoms with Gasteiger partial charge in [-0.05, 0) is 57.8 Å². The number of benzene rings is 1. The van der Waals surface area contributed by atoms with Crippen molar-refractivity contribution in [3.05, 3.63) is 40.6 Å². The first-order valence-electron chi connectivity index (χ1n) is 16.7. The maximum Gasteiger partial charge on any atom is 0.410 e. The number of aliphatic hydroxyl groups excluding tert-OH is 1. The SMILES string of the molecule is CC[C@H]1OC(=O)[C@H](C)[C@@H](O)[C@H](C)C[C@@H](C)C[C@@H](C)C(=O)[C@H](C)[C@@H]2N(CCCCn3cc(-c4cccc([N+](=O)[O-])c4)nn3)C(=O)O[C@@]21C. The zero-order valence-electron chi connectivity index (χ0n) is 28.5. The topological polar surface area (TPSA) is 167 Å². The molecule has 2 fully saturated rings. The van der Waals surface area contributed by atoms with Crippen molar-refractivity contribution in [2.24, 2.45) is 29.6 Å². The highest BCUT2D eigenvalue weighted by molar-refractivity contribution is 5.85. The second-order valence-corrected chi connectivity index (χ2v) is 13.8. The summed E-state index contributed by atoms with van der Waals surface area (Å²) in [6.07, 6.45) is 2.26. The molecule has 4 rings (SSSR count). The molecule has 0 unspecified atom stereocenters. The molecule has 2 aliphatic heterocycles. The number of Topliss-reactive ketones (excluding diaryl/α,β-unsaturated/α-hetero) is 1. The fourth-order valence-electron chi connectivity index (χ4n) is 7.54.